The lowest BCUT2D eigenvalue weighted by Crippen LogP contribution is -2.23. The fourth-order valence-electron chi connectivity index (χ4n) is 1.83. The molecule has 1 aromatic carbocycles. The second-order valence-electron chi connectivity index (χ2n) is 4.96. The van der Waals surface area contributed by atoms with E-state index in [1.807, 2.05) is 13.8 Å². The Balaban J connectivity index is 2.19. The SMILES string of the molecule is CC(C)Oc1c(Cl)cccc1NC(=O)[C@@H](C)n1ccnc1. The standard InChI is InChI=1S/C15H18ClN3O2/c1-10(2)21-14-12(16)5-4-6-13(14)18-15(20)11(3)19-8-7-17-9-19/h4-11H,1-3H3,(H,18,20)/t11-/m1/s1. The molecule has 2 rings (SSSR count). The van der Waals surface area contributed by atoms with Gasteiger partial charge >= 0.3 is 0 Å². The summed E-state index contributed by atoms with van der Waals surface area (Å²) in [6.45, 7) is 5.61. The number of hydrogen-bond donors (Lipinski definition) is 1. The first-order valence-electron chi connectivity index (χ1n) is 6.72. The van der Waals surface area contributed by atoms with Crippen LogP contribution in [0.2, 0.25) is 5.02 Å². The Labute approximate surface area is 128 Å². The Hall–Kier alpha value is -2.01. The highest BCUT2D eigenvalue weighted by atomic mass is 35.5. The molecule has 5 nitrogen and oxygen atoms in total. The lowest BCUT2D eigenvalue weighted by molar-refractivity contribution is -0.118. The Bertz CT molecular complexity index is 611. The van der Waals surface area contributed by atoms with Crippen LogP contribution < -0.4 is 10.1 Å². The molecule has 112 valence electrons. The molecule has 0 fully saturated rings. The molecule has 2 aromatic rings. The van der Waals surface area contributed by atoms with E-state index in [1.165, 1.54) is 0 Å². The maximum absolute atomic E-state index is 12.3. The van der Waals surface area contributed by atoms with Gasteiger partial charge in [0, 0.05) is 12.4 Å². The average molecular weight is 308 g/mol. The van der Waals surface area contributed by atoms with Gasteiger partial charge in [-0.1, -0.05) is 17.7 Å². The van der Waals surface area contributed by atoms with Gasteiger partial charge < -0.3 is 14.6 Å². The van der Waals surface area contributed by atoms with Crippen LogP contribution in [-0.4, -0.2) is 21.6 Å². The minimum absolute atomic E-state index is 0.0355. The number of ether oxygens (including phenoxy) is 1. The van der Waals surface area contributed by atoms with E-state index in [4.69, 9.17) is 16.3 Å². The van der Waals surface area contributed by atoms with Gasteiger partial charge in [0.1, 0.15) is 6.04 Å². The summed E-state index contributed by atoms with van der Waals surface area (Å²) in [4.78, 5) is 16.2. The van der Waals surface area contributed by atoms with E-state index in [-0.39, 0.29) is 18.1 Å². The quantitative estimate of drug-likeness (QED) is 0.919. The molecular weight excluding hydrogens is 290 g/mol. The van der Waals surface area contributed by atoms with Gasteiger partial charge in [0.15, 0.2) is 5.75 Å². The Morgan fingerprint density at radius 2 is 2.14 bits per heavy atom. The molecule has 1 atom stereocenters. The fraction of sp³-hybridized carbons (Fsp3) is 0.333. The number of nitrogens with one attached hydrogen (secondary N) is 1. The largest absolute Gasteiger partial charge is 0.487 e. The first kappa shape index (κ1) is 15.4. The van der Waals surface area contributed by atoms with E-state index in [1.54, 1.807) is 48.4 Å². The van der Waals surface area contributed by atoms with E-state index in [2.05, 4.69) is 10.3 Å². The van der Waals surface area contributed by atoms with Crippen molar-refractivity contribution in [3.63, 3.8) is 0 Å². The molecule has 1 N–H and O–H groups in total. The average Bonchev–Trinajstić information content (AvgIpc) is 2.95. The number of rotatable bonds is 5. The van der Waals surface area contributed by atoms with E-state index in [9.17, 15) is 4.79 Å². The molecule has 1 aromatic heterocycles. The molecule has 0 bridgehead atoms. The molecule has 21 heavy (non-hydrogen) atoms. The molecular formula is C15H18ClN3O2. The number of carbonyl (C=O) groups excluding carboxylic acids is 1. The lowest BCUT2D eigenvalue weighted by atomic mass is 10.2. The van der Waals surface area contributed by atoms with Crippen LogP contribution in [0.25, 0.3) is 0 Å². The van der Waals surface area contributed by atoms with E-state index < -0.39 is 0 Å². The number of amides is 1. The maximum atomic E-state index is 12.3. The second-order valence-corrected chi connectivity index (χ2v) is 5.37. The predicted octanol–water partition coefficient (Wildman–Crippen LogP) is 3.52. The number of aromatic nitrogens is 2. The smallest absolute Gasteiger partial charge is 0.247 e. The highest BCUT2D eigenvalue weighted by Crippen LogP contribution is 2.34. The van der Waals surface area contributed by atoms with Crippen LogP contribution in [-0.2, 0) is 4.79 Å². The first-order chi connectivity index (χ1) is 9.99. The van der Waals surface area contributed by atoms with Crippen molar-refractivity contribution in [1.29, 1.82) is 0 Å². The van der Waals surface area contributed by atoms with Crippen molar-refractivity contribution >= 4 is 23.2 Å². The summed E-state index contributed by atoms with van der Waals surface area (Å²) in [5.74, 6) is 0.323. The predicted molar refractivity (Wildman–Crippen MR) is 82.8 cm³/mol. The molecule has 6 heteroatoms. The summed E-state index contributed by atoms with van der Waals surface area (Å²) in [7, 11) is 0. The molecule has 0 unspecified atom stereocenters. The van der Waals surface area contributed by atoms with Crippen LogP contribution in [0.15, 0.2) is 36.9 Å². The van der Waals surface area contributed by atoms with Crippen LogP contribution in [0.3, 0.4) is 0 Å². The number of carbonyl (C=O) groups is 1. The minimum Gasteiger partial charge on any atom is -0.487 e. The van der Waals surface area contributed by atoms with Crippen LogP contribution in [0.5, 0.6) is 5.75 Å². The van der Waals surface area contributed by atoms with Gasteiger partial charge in [0.05, 0.1) is 23.1 Å². The number of hydrogen-bond acceptors (Lipinski definition) is 3. The number of para-hydroxylation sites is 1. The molecule has 1 heterocycles. The third-order valence-corrected chi connectivity index (χ3v) is 3.23. The third kappa shape index (κ3) is 3.76. The number of benzene rings is 1. The van der Waals surface area contributed by atoms with Crippen molar-refractivity contribution in [2.24, 2.45) is 0 Å². The second kappa shape index (κ2) is 6.63. The molecule has 0 saturated heterocycles. The zero-order valence-corrected chi connectivity index (χ0v) is 13.0. The van der Waals surface area contributed by atoms with E-state index >= 15 is 0 Å². The summed E-state index contributed by atoms with van der Waals surface area (Å²) in [5.41, 5.74) is 0.563. The van der Waals surface area contributed by atoms with Crippen molar-refractivity contribution < 1.29 is 9.53 Å². The van der Waals surface area contributed by atoms with Gasteiger partial charge in [0.2, 0.25) is 5.91 Å². The van der Waals surface area contributed by atoms with Crippen molar-refractivity contribution in [2.75, 3.05) is 5.32 Å². The van der Waals surface area contributed by atoms with E-state index in [0.717, 1.165) is 0 Å². The summed E-state index contributed by atoms with van der Waals surface area (Å²) in [5, 5.41) is 3.32. The molecule has 0 aliphatic carbocycles. The Morgan fingerprint density at radius 3 is 2.76 bits per heavy atom. The van der Waals surface area contributed by atoms with Crippen molar-refractivity contribution in [2.45, 2.75) is 32.9 Å². The molecule has 0 spiro atoms. The van der Waals surface area contributed by atoms with Crippen LogP contribution >= 0.6 is 11.6 Å². The number of nitrogens with zero attached hydrogens (tertiary/aromatic N) is 2. The zero-order valence-electron chi connectivity index (χ0n) is 12.2. The Morgan fingerprint density at radius 1 is 1.38 bits per heavy atom. The topological polar surface area (TPSA) is 56.1 Å². The zero-order chi connectivity index (χ0) is 15.4. The van der Waals surface area contributed by atoms with Crippen LogP contribution in [0, 0.1) is 0 Å². The minimum atomic E-state index is -0.376. The maximum Gasteiger partial charge on any atom is 0.247 e. The summed E-state index contributed by atoms with van der Waals surface area (Å²) < 4.78 is 7.41. The van der Waals surface area contributed by atoms with Crippen molar-refractivity contribution in [3.05, 3.63) is 41.9 Å². The number of halogens is 1. The normalized spacial score (nSPS) is 12.2. The molecule has 0 radical (unpaired) electrons. The van der Waals surface area contributed by atoms with Gasteiger partial charge in [-0.2, -0.15) is 0 Å². The van der Waals surface area contributed by atoms with Crippen LogP contribution in [0.4, 0.5) is 5.69 Å². The Kier molecular flexibility index (Phi) is 4.85. The van der Waals surface area contributed by atoms with Gasteiger partial charge in [0.25, 0.3) is 0 Å². The first-order valence-corrected chi connectivity index (χ1v) is 7.10. The fourth-order valence-corrected chi connectivity index (χ4v) is 2.05. The monoisotopic (exact) mass is 307 g/mol. The van der Waals surface area contributed by atoms with Gasteiger partial charge in [-0.3, -0.25) is 4.79 Å². The molecule has 0 saturated carbocycles. The van der Waals surface area contributed by atoms with E-state index in [0.29, 0.717) is 16.5 Å². The molecule has 0 aliphatic rings. The highest BCUT2D eigenvalue weighted by molar-refractivity contribution is 6.32. The van der Waals surface area contributed by atoms with Gasteiger partial charge in [-0.15, -0.1) is 0 Å². The lowest BCUT2D eigenvalue weighted by Gasteiger charge is -2.18. The summed E-state index contributed by atoms with van der Waals surface area (Å²) in [6.07, 6.45) is 4.95. The van der Waals surface area contributed by atoms with Crippen molar-refractivity contribution in [3.8, 4) is 5.75 Å². The summed E-state index contributed by atoms with van der Waals surface area (Å²) in [6, 6.07) is 4.89. The number of anilines is 1. The van der Waals surface area contributed by atoms with Crippen LogP contribution in [0.1, 0.15) is 26.8 Å². The molecule has 0 aliphatic heterocycles. The highest BCUT2D eigenvalue weighted by Gasteiger charge is 2.18. The van der Waals surface area contributed by atoms with Gasteiger partial charge in [-0.05, 0) is 32.9 Å². The van der Waals surface area contributed by atoms with Crippen molar-refractivity contribution in [1.82, 2.24) is 9.55 Å². The third-order valence-electron chi connectivity index (χ3n) is 2.93. The summed E-state index contributed by atoms with van der Waals surface area (Å²) >= 11 is 6.14. The number of imidazole rings is 1. The van der Waals surface area contributed by atoms with Gasteiger partial charge in [-0.25, -0.2) is 4.98 Å². The molecule has 1 amide bonds.